The number of amides is 2. The SMILES string of the molecule is O=C(Nc1cccc(OCC(O)CO)n1)N1c2nc(-c3cccc(C(F)(F)F)c3)ncc2N2CCC1C2. The number of carbonyl (C=O) groups excluding carboxylic acids is 1. The number of rotatable bonds is 6. The lowest BCUT2D eigenvalue weighted by molar-refractivity contribution is -0.137. The molecule has 1 fully saturated rings. The minimum absolute atomic E-state index is 0.0705. The number of alkyl halides is 3. The van der Waals surface area contributed by atoms with Gasteiger partial charge >= 0.3 is 12.2 Å². The van der Waals surface area contributed by atoms with E-state index in [-0.39, 0.29) is 35.7 Å². The minimum atomic E-state index is -4.51. The number of carbonyl (C=O) groups is 1. The Bertz CT molecular complexity index is 1310. The van der Waals surface area contributed by atoms with Gasteiger partial charge in [0.1, 0.15) is 18.5 Å². The van der Waals surface area contributed by atoms with Crippen molar-refractivity contribution >= 4 is 23.4 Å². The third-order valence-electron chi connectivity index (χ3n) is 6.11. The first kappa shape index (κ1) is 24.7. The molecule has 2 aromatic heterocycles. The summed E-state index contributed by atoms with van der Waals surface area (Å²) in [6, 6.07) is 8.74. The fourth-order valence-electron chi connectivity index (χ4n) is 4.32. The van der Waals surface area contributed by atoms with Crippen LogP contribution in [-0.4, -0.2) is 69.6 Å². The molecular formula is C24H23F3N6O4. The Labute approximate surface area is 209 Å². The van der Waals surface area contributed by atoms with Crippen molar-refractivity contribution in [2.45, 2.75) is 24.7 Å². The first-order valence-electron chi connectivity index (χ1n) is 11.5. The number of hydrogen-bond acceptors (Lipinski definition) is 8. The number of benzene rings is 1. The lowest BCUT2D eigenvalue weighted by Crippen LogP contribution is -2.48. The molecule has 2 aliphatic heterocycles. The van der Waals surface area contributed by atoms with Crippen LogP contribution in [0, 0.1) is 0 Å². The number of anilines is 3. The van der Waals surface area contributed by atoms with Gasteiger partial charge in [-0.3, -0.25) is 10.2 Å². The number of aromatic nitrogens is 3. The Morgan fingerprint density at radius 1 is 1.22 bits per heavy atom. The number of nitrogens with zero attached hydrogens (tertiary/aromatic N) is 5. The molecule has 3 aromatic rings. The Balaban J connectivity index is 1.42. The molecule has 5 rings (SSSR count). The van der Waals surface area contributed by atoms with E-state index in [1.54, 1.807) is 18.2 Å². The predicted octanol–water partition coefficient (Wildman–Crippen LogP) is 2.92. The lowest BCUT2D eigenvalue weighted by atomic mass is 10.1. The van der Waals surface area contributed by atoms with Crippen molar-refractivity contribution in [3.63, 3.8) is 0 Å². The molecule has 2 aliphatic rings. The maximum absolute atomic E-state index is 13.4. The Kier molecular flexibility index (Phi) is 6.56. The number of nitrogens with one attached hydrogen (secondary N) is 1. The van der Waals surface area contributed by atoms with Crippen molar-refractivity contribution < 1.29 is 32.9 Å². The zero-order valence-corrected chi connectivity index (χ0v) is 19.4. The number of hydrogen-bond donors (Lipinski definition) is 3. The van der Waals surface area contributed by atoms with Gasteiger partial charge in [-0.05, 0) is 24.6 Å². The van der Waals surface area contributed by atoms with Crippen molar-refractivity contribution in [3.8, 4) is 17.3 Å². The van der Waals surface area contributed by atoms with E-state index in [4.69, 9.17) is 9.84 Å². The lowest BCUT2D eigenvalue weighted by Gasteiger charge is -2.35. The van der Waals surface area contributed by atoms with Gasteiger partial charge in [0, 0.05) is 24.7 Å². The molecule has 1 aromatic carbocycles. The summed E-state index contributed by atoms with van der Waals surface area (Å²) < 4.78 is 45.0. The van der Waals surface area contributed by atoms with Gasteiger partial charge in [-0.1, -0.05) is 18.2 Å². The van der Waals surface area contributed by atoms with Gasteiger partial charge in [0.15, 0.2) is 11.6 Å². The Morgan fingerprint density at radius 3 is 2.81 bits per heavy atom. The third kappa shape index (κ3) is 5.13. The second-order valence-corrected chi connectivity index (χ2v) is 8.68. The molecule has 0 radical (unpaired) electrons. The molecule has 4 heterocycles. The van der Waals surface area contributed by atoms with Crippen LogP contribution in [0.25, 0.3) is 11.4 Å². The van der Waals surface area contributed by atoms with Gasteiger partial charge in [-0.2, -0.15) is 18.2 Å². The zero-order chi connectivity index (χ0) is 26.2. The van der Waals surface area contributed by atoms with Crippen molar-refractivity contribution in [1.29, 1.82) is 0 Å². The van der Waals surface area contributed by atoms with Gasteiger partial charge in [0.05, 0.1) is 30.1 Å². The van der Waals surface area contributed by atoms with Crippen LogP contribution in [-0.2, 0) is 6.18 Å². The Morgan fingerprint density at radius 2 is 2.03 bits per heavy atom. The average Bonchev–Trinajstić information content (AvgIpc) is 3.31. The molecule has 2 bridgehead atoms. The largest absolute Gasteiger partial charge is 0.475 e. The number of aliphatic hydroxyl groups is 2. The number of urea groups is 1. The molecule has 2 amide bonds. The summed E-state index contributed by atoms with van der Waals surface area (Å²) in [5, 5.41) is 21.1. The topological polar surface area (TPSA) is 124 Å². The van der Waals surface area contributed by atoms with E-state index in [2.05, 4.69) is 20.3 Å². The first-order chi connectivity index (χ1) is 17.7. The van der Waals surface area contributed by atoms with E-state index >= 15 is 0 Å². The van der Waals surface area contributed by atoms with E-state index in [1.165, 1.54) is 23.2 Å². The molecule has 0 aliphatic carbocycles. The third-order valence-corrected chi connectivity index (χ3v) is 6.11. The smallest absolute Gasteiger partial charge is 0.416 e. The van der Waals surface area contributed by atoms with Crippen LogP contribution in [0.1, 0.15) is 12.0 Å². The van der Waals surface area contributed by atoms with E-state index < -0.39 is 30.5 Å². The summed E-state index contributed by atoms with van der Waals surface area (Å²) >= 11 is 0. The summed E-state index contributed by atoms with van der Waals surface area (Å²) in [6.07, 6.45) is -3.37. The molecule has 2 unspecified atom stereocenters. The van der Waals surface area contributed by atoms with Crippen LogP contribution in [0.5, 0.6) is 5.88 Å². The molecule has 13 heteroatoms. The van der Waals surface area contributed by atoms with Crippen molar-refractivity contribution in [2.75, 3.05) is 41.4 Å². The fraction of sp³-hybridized carbons (Fsp3) is 0.333. The fourth-order valence-corrected chi connectivity index (χ4v) is 4.32. The van der Waals surface area contributed by atoms with Crippen LogP contribution in [0.3, 0.4) is 0 Å². The quantitative estimate of drug-likeness (QED) is 0.457. The van der Waals surface area contributed by atoms with Gasteiger partial charge in [-0.15, -0.1) is 0 Å². The second kappa shape index (κ2) is 9.82. The van der Waals surface area contributed by atoms with Crippen molar-refractivity contribution in [3.05, 3.63) is 54.2 Å². The predicted molar refractivity (Wildman–Crippen MR) is 127 cm³/mol. The molecule has 1 saturated heterocycles. The molecule has 0 saturated carbocycles. The van der Waals surface area contributed by atoms with E-state index in [0.717, 1.165) is 12.1 Å². The van der Waals surface area contributed by atoms with Gasteiger partial charge in [0.25, 0.3) is 0 Å². The van der Waals surface area contributed by atoms with Gasteiger partial charge in [0.2, 0.25) is 5.88 Å². The molecular weight excluding hydrogens is 493 g/mol. The summed E-state index contributed by atoms with van der Waals surface area (Å²) in [5.41, 5.74) is -0.0189. The van der Waals surface area contributed by atoms with Crippen molar-refractivity contribution in [1.82, 2.24) is 15.0 Å². The maximum atomic E-state index is 13.4. The molecule has 37 heavy (non-hydrogen) atoms. The summed E-state index contributed by atoms with van der Waals surface area (Å²) in [4.78, 5) is 29.9. The van der Waals surface area contributed by atoms with Crippen LogP contribution in [0.4, 0.5) is 35.3 Å². The van der Waals surface area contributed by atoms with Crippen molar-refractivity contribution in [2.24, 2.45) is 0 Å². The number of pyridine rings is 1. The van der Waals surface area contributed by atoms with E-state index in [1.807, 2.05) is 4.90 Å². The van der Waals surface area contributed by atoms with Crippen LogP contribution in [0.2, 0.25) is 0 Å². The second-order valence-electron chi connectivity index (χ2n) is 8.68. The van der Waals surface area contributed by atoms with Crippen LogP contribution < -0.4 is 19.9 Å². The van der Waals surface area contributed by atoms with Crippen LogP contribution >= 0.6 is 0 Å². The number of fused-ring (bicyclic) bond motifs is 4. The van der Waals surface area contributed by atoms with Crippen LogP contribution in [0.15, 0.2) is 48.7 Å². The highest BCUT2D eigenvalue weighted by Gasteiger charge is 2.41. The molecule has 194 valence electrons. The molecule has 0 spiro atoms. The van der Waals surface area contributed by atoms with Gasteiger partial charge < -0.3 is 19.8 Å². The van der Waals surface area contributed by atoms with E-state index in [9.17, 15) is 23.1 Å². The highest BCUT2D eigenvalue weighted by Crippen LogP contribution is 2.40. The number of aliphatic hydroxyl groups excluding tert-OH is 2. The number of ether oxygens (including phenoxy) is 1. The summed E-state index contributed by atoms with van der Waals surface area (Å²) in [5.74, 6) is 0.703. The standard InChI is InChI=1S/C24H23F3N6O4/c25-24(26,27)15-4-1-3-14(9-15)21-28-10-18-22(31-21)33(16-7-8-32(18)11-16)23(36)30-19-5-2-6-20(29-19)37-13-17(35)12-34/h1-6,9-10,16-17,34-35H,7-8,11-13H2,(H,29,30,36). The summed E-state index contributed by atoms with van der Waals surface area (Å²) in [7, 11) is 0. The summed E-state index contributed by atoms with van der Waals surface area (Å²) in [6.45, 7) is 0.617. The molecule has 2 atom stereocenters. The average molecular weight is 516 g/mol. The monoisotopic (exact) mass is 516 g/mol. The normalized spacial score (nSPS) is 17.4. The minimum Gasteiger partial charge on any atom is -0.475 e. The molecule has 10 nitrogen and oxygen atoms in total. The highest BCUT2D eigenvalue weighted by atomic mass is 19.4. The Hall–Kier alpha value is -3.97. The van der Waals surface area contributed by atoms with E-state index in [0.29, 0.717) is 31.0 Å². The maximum Gasteiger partial charge on any atom is 0.416 e. The first-order valence-corrected chi connectivity index (χ1v) is 11.5. The van der Waals surface area contributed by atoms with Gasteiger partial charge in [-0.25, -0.2) is 14.8 Å². The highest BCUT2D eigenvalue weighted by molar-refractivity contribution is 6.04. The zero-order valence-electron chi connectivity index (χ0n) is 19.4. The number of halogens is 3. The molecule has 3 N–H and O–H groups in total.